The first-order valence-electron chi connectivity index (χ1n) is 13.5. The quantitative estimate of drug-likeness (QED) is 0.268. The molecule has 0 radical (unpaired) electrons. The summed E-state index contributed by atoms with van der Waals surface area (Å²) in [6.45, 7) is 10.4. The number of hydrogen-bond acceptors (Lipinski definition) is 4. The van der Waals surface area contributed by atoms with Crippen LogP contribution in [0.4, 0.5) is 5.69 Å². The summed E-state index contributed by atoms with van der Waals surface area (Å²) in [7, 11) is -4.16. The maximum atomic E-state index is 14.1. The third-order valence-corrected chi connectivity index (χ3v) is 9.55. The molecule has 2 atom stereocenters. The van der Waals surface area contributed by atoms with E-state index in [-0.39, 0.29) is 23.4 Å². The summed E-state index contributed by atoms with van der Waals surface area (Å²) in [4.78, 5) is 28.7. The number of amides is 2. The fourth-order valence-corrected chi connectivity index (χ4v) is 6.33. The van der Waals surface area contributed by atoms with E-state index in [1.165, 1.54) is 17.0 Å². The van der Waals surface area contributed by atoms with E-state index in [0.29, 0.717) is 33.3 Å². The minimum absolute atomic E-state index is 0.0548. The van der Waals surface area contributed by atoms with Crippen LogP contribution in [0.3, 0.4) is 0 Å². The number of sulfonamides is 1. The van der Waals surface area contributed by atoms with Crippen LogP contribution in [-0.2, 0) is 26.2 Å². The molecule has 0 aliphatic rings. The van der Waals surface area contributed by atoms with Crippen LogP contribution >= 0.6 is 23.2 Å². The average Bonchev–Trinajstić information content (AvgIpc) is 2.91. The van der Waals surface area contributed by atoms with Crippen molar-refractivity contribution < 1.29 is 18.0 Å². The summed E-state index contributed by atoms with van der Waals surface area (Å²) in [5, 5.41) is 3.58. The molecule has 2 amide bonds. The van der Waals surface area contributed by atoms with Crippen molar-refractivity contribution in [3.63, 3.8) is 0 Å². The Hall–Kier alpha value is -3.07. The lowest BCUT2D eigenvalue weighted by molar-refractivity contribution is -0.139. The van der Waals surface area contributed by atoms with Crippen molar-refractivity contribution in [3.8, 4) is 0 Å². The Balaban J connectivity index is 2.10. The zero-order valence-electron chi connectivity index (χ0n) is 24.2. The third kappa shape index (κ3) is 7.82. The third-order valence-electron chi connectivity index (χ3n) is 7.07. The topological polar surface area (TPSA) is 86.8 Å². The first kappa shape index (κ1) is 32.4. The highest BCUT2D eigenvalue weighted by Gasteiger charge is 2.34. The van der Waals surface area contributed by atoms with Crippen LogP contribution in [0.15, 0.2) is 65.6 Å². The lowest BCUT2D eigenvalue weighted by Gasteiger charge is -2.33. The minimum atomic E-state index is -4.16. The zero-order valence-corrected chi connectivity index (χ0v) is 26.6. The van der Waals surface area contributed by atoms with E-state index in [9.17, 15) is 18.0 Å². The van der Waals surface area contributed by atoms with E-state index in [0.717, 1.165) is 15.4 Å². The Morgan fingerprint density at radius 1 is 0.902 bits per heavy atom. The van der Waals surface area contributed by atoms with Crippen molar-refractivity contribution in [1.29, 1.82) is 0 Å². The van der Waals surface area contributed by atoms with Gasteiger partial charge in [-0.15, -0.1) is 0 Å². The molecular weight excluding hydrogens is 581 g/mol. The Morgan fingerprint density at radius 2 is 1.49 bits per heavy atom. The SMILES string of the molecule is CC[C@@H](C)NC(=O)[C@H](C)N(Cc1c(Cl)cccc1Cl)C(=O)CN(c1ccc(C)cc1C)S(=O)(=O)c1ccc(C)cc1. The molecule has 0 aromatic heterocycles. The molecule has 0 spiro atoms. The van der Waals surface area contributed by atoms with Crippen molar-refractivity contribution in [2.45, 2.75) is 71.5 Å². The van der Waals surface area contributed by atoms with Gasteiger partial charge in [-0.2, -0.15) is 0 Å². The van der Waals surface area contributed by atoms with Gasteiger partial charge in [0.25, 0.3) is 10.0 Å². The standard InChI is InChI=1S/C31H37Cl2N3O4S/c1-7-23(5)34-31(38)24(6)35(18-26-27(32)9-8-10-28(26)33)30(37)19-36(29-16-13-21(3)17-22(29)4)41(39,40)25-14-11-20(2)12-15-25/h8-17,23-24H,7,18-19H2,1-6H3,(H,34,38)/t23-,24+/m1/s1. The van der Waals surface area contributed by atoms with E-state index >= 15 is 0 Å². The van der Waals surface area contributed by atoms with Crippen LogP contribution in [0.2, 0.25) is 10.0 Å². The maximum Gasteiger partial charge on any atom is 0.264 e. The van der Waals surface area contributed by atoms with E-state index in [1.807, 2.05) is 33.8 Å². The predicted molar refractivity (Wildman–Crippen MR) is 166 cm³/mol. The van der Waals surface area contributed by atoms with Gasteiger partial charge in [-0.1, -0.05) is 71.6 Å². The number of anilines is 1. The molecule has 0 saturated carbocycles. The number of aryl methyl sites for hydroxylation is 3. The van der Waals surface area contributed by atoms with Gasteiger partial charge in [-0.25, -0.2) is 8.42 Å². The van der Waals surface area contributed by atoms with Crippen LogP contribution in [-0.4, -0.2) is 43.8 Å². The molecule has 0 saturated heterocycles. The summed E-state index contributed by atoms with van der Waals surface area (Å²) in [5.74, 6) is -0.946. The van der Waals surface area contributed by atoms with Crippen LogP contribution < -0.4 is 9.62 Å². The first-order chi connectivity index (χ1) is 19.3. The number of nitrogens with one attached hydrogen (secondary N) is 1. The minimum Gasteiger partial charge on any atom is -0.352 e. The molecule has 10 heteroatoms. The van der Waals surface area contributed by atoms with Crippen molar-refractivity contribution in [1.82, 2.24) is 10.2 Å². The molecule has 0 fully saturated rings. The molecule has 0 heterocycles. The normalized spacial score (nSPS) is 12.9. The largest absolute Gasteiger partial charge is 0.352 e. The number of carbonyl (C=O) groups excluding carboxylic acids is 2. The number of rotatable bonds is 11. The number of hydrogen-bond donors (Lipinski definition) is 1. The summed E-state index contributed by atoms with van der Waals surface area (Å²) in [6, 6.07) is 15.8. The zero-order chi connectivity index (χ0) is 30.5. The second-order valence-electron chi connectivity index (χ2n) is 10.3. The first-order valence-corrected chi connectivity index (χ1v) is 15.6. The molecule has 41 heavy (non-hydrogen) atoms. The molecule has 0 aliphatic carbocycles. The lowest BCUT2D eigenvalue weighted by Crippen LogP contribution is -2.52. The fraction of sp³-hybridized carbons (Fsp3) is 0.355. The van der Waals surface area contributed by atoms with Crippen molar-refractivity contribution in [2.24, 2.45) is 0 Å². The highest BCUT2D eigenvalue weighted by Crippen LogP contribution is 2.30. The van der Waals surface area contributed by atoms with Gasteiger partial charge in [0.05, 0.1) is 10.6 Å². The van der Waals surface area contributed by atoms with Gasteiger partial charge in [0.15, 0.2) is 0 Å². The average molecular weight is 619 g/mol. The predicted octanol–water partition coefficient (Wildman–Crippen LogP) is 6.45. The number of benzene rings is 3. The molecular formula is C31H37Cl2N3O4S. The van der Waals surface area contributed by atoms with Gasteiger partial charge < -0.3 is 10.2 Å². The van der Waals surface area contributed by atoms with Crippen LogP contribution in [0.25, 0.3) is 0 Å². The highest BCUT2D eigenvalue weighted by atomic mass is 35.5. The Morgan fingerprint density at radius 3 is 2.05 bits per heavy atom. The van der Waals surface area contributed by atoms with Crippen LogP contribution in [0, 0.1) is 20.8 Å². The van der Waals surface area contributed by atoms with Gasteiger partial charge in [0, 0.05) is 28.2 Å². The van der Waals surface area contributed by atoms with E-state index in [4.69, 9.17) is 23.2 Å². The molecule has 3 aromatic carbocycles. The van der Waals surface area contributed by atoms with Crippen LogP contribution in [0.1, 0.15) is 49.4 Å². The second-order valence-corrected chi connectivity index (χ2v) is 13.0. The van der Waals surface area contributed by atoms with Crippen molar-refractivity contribution >= 4 is 50.7 Å². The molecule has 3 aromatic rings. The highest BCUT2D eigenvalue weighted by molar-refractivity contribution is 7.92. The molecule has 3 rings (SSSR count). The Bertz CT molecular complexity index is 1490. The summed E-state index contributed by atoms with van der Waals surface area (Å²) in [5.41, 5.74) is 3.39. The second kappa shape index (κ2) is 13.7. The lowest BCUT2D eigenvalue weighted by atomic mass is 10.1. The van der Waals surface area contributed by atoms with Gasteiger partial charge in [-0.05, 0) is 76.9 Å². The Labute approximate surface area is 253 Å². The number of nitrogens with zero attached hydrogens (tertiary/aromatic N) is 2. The van der Waals surface area contributed by atoms with Gasteiger partial charge in [0.2, 0.25) is 11.8 Å². The summed E-state index contributed by atoms with van der Waals surface area (Å²) < 4.78 is 29.2. The molecule has 0 bridgehead atoms. The summed E-state index contributed by atoms with van der Waals surface area (Å²) >= 11 is 12.9. The maximum absolute atomic E-state index is 14.1. The van der Waals surface area contributed by atoms with Crippen molar-refractivity contribution in [2.75, 3.05) is 10.8 Å². The monoisotopic (exact) mass is 617 g/mol. The van der Waals surface area contributed by atoms with Gasteiger partial charge >= 0.3 is 0 Å². The molecule has 1 N–H and O–H groups in total. The summed E-state index contributed by atoms with van der Waals surface area (Å²) in [6.07, 6.45) is 0.706. The van der Waals surface area contributed by atoms with Crippen LogP contribution in [0.5, 0.6) is 0 Å². The molecule has 0 unspecified atom stereocenters. The number of halogens is 2. The molecule has 220 valence electrons. The van der Waals surface area contributed by atoms with Gasteiger partial charge in [0.1, 0.15) is 12.6 Å². The van der Waals surface area contributed by atoms with Gasteiger partial charge in [-0.3, -0.25) is 13.9 Å². The van der Waals surface area contributed by atoms with E-state index < -0.39 is 28.5 Å². The van der Waals surface area contributed by atoms with E-state index in [2.05, 4.69) is 5.32 Å². The smallest absolute Gasteiger partial charge is 0.264 e. The van der Waals surface area contributed by atoms with E-state index in [1.54, 1.807) is 56.3 Å². The number of carbonyl (C=O) groups is 2. The Kier molecular flexibility index (Phi) is 10.9. The molecule has 0 aliphatic heterocycles. The molecule has 7 nitrogen and oxygen atoms in total. The van der Waals surface area contributed by atoms with Crippen molar-refractivity contribution in [3.05, 3.63) is 93.0 Å². The fourth-order valence-electron chi connectivity index (χ4n) is 4.34.